The third-order valence-corrected chi connectivity index (χ3v) is 2.87. The summed E-state index contributed by atoms with van der Waals surface area (Å²) in [6, 6.07) is 4.43. The summed E-state index contributed by atoms with van der Waals surface area (Å²) in [5, 5.41) is 0. The molecule has 0 spiro atoms. The van der Waals surface area contributed by atoms with E-state index in [1.807, 2.05) is 0 Å². The summed E-state index contributed by atoms with van der Waals surface area (Å²) in [4.78, 5) is 0. The highest BCUT2D eigenvalue weighted by molar-refractivity contribution is 14.1. The van der Waals surface area contributed by atoms with Gasteiger partial charge in [-0.15, -0.1) is 24.0 Å². The molecular formula is C9H12I2. The van der Waals surface area contributed by atoms with Crippen molar-refractivity contribution in [3.05, 3.63) is 32.4 Å². The minimum Gasteiger partial charge on any atom is -0.107 e. The molecule has 0 saturated heterocycles. The largest absolute Gasteiger partial charge is 0.107 e. The van der Waals surface area contributed by atoms with Crippen LogP contribution in [0.4, 0.5) is 0 Å². The van der Waals surface area contributed by atoms with E-state index in [2.05, 4.69) is 55.5 Å². The predicted molar refractivity (Wildman–Crippen MR) is 68.8 cm³/mol. The SMILES string of the molecule is Cc1cc(C)c(C)c(I)c1.I. The van der Waals surface area contributed by atoms with Crippen LogP contribution in [0.25, 0.3) is 0 Å². The predicted octanol–water partition coefficient (Wildman–Crippen LogP) is 3.83. The Kier molecular flexibility index (Phi) is 4.93. The summed E-state index contributed by atoms with van der Waals surface area (Å²) >= 11 is 2.38. The molecule has 0 fully saturated rings. The Morgan fingerprint density at radius 3 is 2.09 bits per heavy atom. The highest BCUT2D eigenvalue weighted by Crippen LogP contribution is 2.17. The first-order valence-corrected chi connectivity index (χ1v) is 4.42. The van der Waals surface area contributed by atoms with Crippen LogP contribution in [0.3, 0.4) is 0 Å². The monoisotopic (exact) mass is 374 g/mol. The normalized spacial score (nSPS) is 9.09. The minimum absolute atomic E-state index is 0. The van der Waals surface area contributed by atoms with Gasteiger partial charge < -0.3 is 0 Å². The van der Waals surface area contributed by atoms with Gasteiger partial charge in [0.15, 0.2) is 0 Å². The molecule has 0 saturated carbocycles. The van der Waals surface area contributed by atoms with Crippen LogP contribution >= 0.6 is 46.6 Å². The van der Waals surface area contributed by atoms with E-state index in [0.29, 0.717) is 0 Å². The maximum absolute atomic E-state index is 2.38. The van der Waals surface area contributed by atoms with Crippen LogP contribution in [-0.2, 0) is 0 Å². The molecule has 1 rings (SSSR count). The smallest absolute Gasteiger partial charge is 0.0164 e. The molecule has 0 unspecified atom stereocenters. The molecule has 62 valence electrons. The lowest BCUT2D eigenvalue weighted by Crippen LogP contribution is -1.86. The number of hydrogen-bond donors (Lipinski definition) is 0. The van der Waals surface area contributed by atoms with Crippen molar-refractivity contribution in [2.24, 2.45) is 0 Å². The molecule has 1 aromatic rings. The van der Waals surface area contributed by atoms with Crippen LogP contribution in [0.2, 0.25) is 0 Å². The maximum Gasteiger partial charge on any atom is 0.0164 e. The van der Waals surface area contributed by atoms with Gasteiger partial charge in [0.25, 0.3) is 0 Å². The molecule has 0 bridgehead atoms. The highest BCUT2D eigenvalue weighted by atomic mass is 127. The Morgan fingerprint density at radius 1 is 1.09 bits per heavy atom. The first kappa shape index (κ1) is 11.7. The Morgan fingerprint density at radius 2 is 1.64 bits per heavy atom. The fourth-order valence-electron chi connectivity index (χ4n) is 0.988. The minimum atomic E-state index is 0. The lowest BCUT2D eigenvalue weighted by molar-refractivity contribution is 1.27. The van der Waals surface area contributed by atoms with Crippen LogP contribution < -0.4 is 0 Å². The summed E-state index contributed by atoms with van der Waals surface area (Å²) in [6.45, 7) is 6.45. The third-order valence-electron chi connectivity index (χ3n) is 1.75. The molecule has 1 aromatic carbocycles. The molecule has 0 amide bonds. The molecule has 0 aromatic heterocycles. The second-order valence-electron chi connectivity index (χ2n) is 2.69. The average molecular weight is 374 g/mol. The van der Waals surface area contributed by atoms with Gasteiger partial charge in [0.2, 0.25) is 0 Å². The van der Waals surface area contributed by atoms with Crippen molar-refractivity contribution < 1.29 is 0 Å². The topological polar surface area (TPSA) is 0 Å². The lowest BCUT2D eigenvalue weighted by atomic mass is 10.1. The third kappa shape index (κ3) is 2.89. The van der Waals surface area contributed by atoms with Crippen molar-refractivity contribution in [3.63, 3.8) is 0 Å². The fourth-order valence-corrected chi connectivity index (χ4v) is 1.90. The molecule has 0 aliphatic rings. The van der Waals surface area contributed by atoms with Gasteiger partial charge in [0.05, 0.1) is 0 Å². The van der Waals surface area contributed by atoms with Gasteiger partial charge in [0.1, 0.15) is 0 Å². The zero-order chi connectivity index (χ0) is 7.72. The average Bonchev–Trinajstić information content (AvgIpc) is 1.82. The standard InChI is InChI=1S/C9H11I.HI/c1-6-4-7(2)8(3)9(10)5-6;/h4-5H,1-3H3;1H. The lowest BCUT2D eigenvalue weighted by Gasteiger charge is -2.03. The zero-order valence-electron chi connectivity index (χ0n) is 6.94. The number of aryl methyl sites for hydroxylation is 2. The van der Waals surface area contributed by atoms with E-state index < -0.39 is 0 Å². The van der Waals surface area contributed by atoms with Crippen LogP contribution in [-0.4, -0.2) is 0 Å². The molecule has 0 nitrogen and oxygen atoms in total. The van der Waals surface area contributed by atoms with Gasteiger partial charge in [-0.25, -0.2) is 0 Å². The molecule has 0 atom stereocenters. The van der Waals surface area contributed by atoms with E-state index >= 15 is 0 Å². The Hall–Kier alpha value is 0.680. The van der Waals surface area contributed by atoms with Crippen LogP contribution in [0.5, 0.6) is 0 Å². The van der Waals surface area contributed by atoms with Crippen LogP contribution in [0.15, 0.2) is 12.1 Å². The fraction of sp³-hybridized carbons (Fsp3) is 0.333. The molecule has 0 heterocycles. The summed E-state index contributed by atoms with van der Waals surface area (Å²) in [5.74, 6) is 0. The number of rotatable bonds is 0. The molecule has 0 aliphatic heterocycles. The number of benzene rings is 1. The molecular weight excluding hydrogens is 362 g/mol. The highest BCUT2D eigenvalue weighted by Gasteiger charge is 1.97. The van der Waals surface area contributed by atoms with E-state index in [9.17, 15) is 0 Å². The Balaban J connectivity index is 0.000001000. The van der Waals surface area contributed by atoms with Crippen molar-refractivity contribution in [2.75, 3.05) is 0 Å². The van der Waals surface area contributed by atoms with E-state index in [1.54, 1.807) is 0 Å². The summed E-state index contributed by atoms with van der Waals surface area (Å²) < 4.78 is 1.37. The second kappa shape index (κ2) is 4.64. The van der Waals surface area contributed by atoms with Crippen molar-refractivity contribution in [3.8, 4) is 0 Å². The van der Waals surface area contributed by atoms with Gasteiger partial charge in [-0.3, -0.25) is 0 Å². The van der Waals surface area contributed by atoms with Gasteiger partial charge in [-0.05, 0) is 66.1 Å². The first-order chi connectivity index (χ1) is 4.61. The van der Waals surface area contributed by atoms with Crippen molar-refractivity contribution >= 4 is 46.6 Å². The van der Waals surface area contributed by atoms with Gasteiger partial charge in [-0.2, -0.15) is 0 Å². The molecule has 0 aliphatic carbocycles. The van der Waals surface area contributed by atoms with Gasteiger partial charge in [0, 0.05) is 3.57 Å². The van der Waals surface area contributed by atoms with E-state index in [1.165, 1.54) is 20.3 Å². The first-order valence-electron chi connectivity index (χ1n) is 3.34. The van der Waals surface area contributed by atoms with Crippen molar-refractivity contribution in [1.29, 1.82) is 0 Å². The maximum atomic E-state index is 2.38. The van der Waals surface area contributed by atoms with Crippen molar-refractivity contribution in [1.82, 2.24) is 0 Å². The quantitative estimate of drug-likeness (QED) is 0.606. The number of halogens is 2. The molecule has 0 N–H and O–H groups in total. The molecule has 11 heavy (non-hydrogen) atoms. The second-order valence-corrected chi connectivity index (χ2v) is 3.85. The van der Waals surface area contributed by atoms with Crippen molar-refractivity contribution in [2.45, 2.75) is 20.8 Å². The summed E-state index contributed by atoms with van der Waals surface area (Å²) in [5.41, 5.74) is 4.16. The Labute approximate surface area is 98.9 Å². The Bertz CT molecular complexity index is 231. The van der Waals surface area contributed by atoms with E-state index in [-0.39, 0.29) is 24.0 Å². The van der Waals surface area contributed by atoms with Crippen LogP contribution in [0.1, 0.15) is 16.7 Å². The van der Waals surface area contributed by atoms with E-state index in [4.69, 9.17) is 0 Å². The molecule has 2 heteroatoms. The summed E-state index contributed by atoms with van der Waals surface area (Å²) in [7, 11) is 0. The number of hydrogen-bond acceptors (Lipinski definition) is 0. The van der Waals surface area contributed by atoms with Gasteiger partial charge >= 0.3 is 0 Å². The van der Waals surface area contributed by atoms with Gasteiger partial charge in [-0.1, -0.05) is 6.07 Å². The van der Waals surface area contributed by atoms with E-state index in [0.717, 1.165) is 0 Å². The van der Waals surface area contributed by atoms with Crippen LogP contribution in [0, 0.1) is 24.3 Å². The summed E-state index contributed by atoms with van der Waals surface area (Å²) in [6.07, 6.45) is 0. The zero-order valence-corrected chi connectivity index (χ0v) is 11.4. The molecule has 0 radical (unpaired) electrons.